The minimum Gasteiger partial charge on any atom is -0.361 e. The van der Waals surface area contributed by atoms with Crippen LogP contribution in [0.5, 0.6) is 0 Å². The van der Waals surface area contributed by atoms with Crippen molar-refractivity contribution in [3.63, 3.8) is 0 Å². The fraction of sp³-hybridized carbons (Fsp3) is 0.312. The molecular weight excluding hydrogens is 320 g/mol. The van der Waals surface area contributed by atoms with Gasteiger partial charge in [0, 0.05) is 19.7 Å². The molecule has 1 saturated heterocycles. The molecule has 126 valence electrons. The van der Waals surface area contributed by atoms with Gasteiger partial charge in [0.25, 0.3) is 0 Å². The quantitative estimate of drug-likeness (QED) is 0.872. The van der Waals surface area contributed by atoms with Gasteiger partial charge in [-0.2, -0.15) is 0 Å². The molecule has 6 nitrogen and oxygen atoms in total. The lowest BCUT2D eigenvalue weighted by atomic mass is 9.92. The summed E-state index contributed by atoms with van der Waals surface area (Å²) >= 11 is 0. The molecule has 2 amide bonds. The molecule has 1 N–H and O–H groups in total. The summed E-state index contributed by atoms with van der Waals surface area (Å²) in [5, 5.41) is 6.06. The Bertz CT molecular complexity index is 806. The van der Waals surface area contributed by atoms with Gasteiger partial charge in [0.15, 0.2) is 11.6 Å². The Kier molecular flexibility index (Phi) is 4.04. The average Bonchev–Trinajstić information content (AvgIpc) is 3.08. The van der Waals surface area contributed by atoms with Gasteiger partial charge >= 0.3 is 0 Å². The fourth-order valence-electron chi connectivity index (χ4n) is 2.82. The second kappa shape index (κ2) is 6.03. The lowest BCUT2D eigenvalue weighted by Gasteiger charge is -2.14. The number of carbonyl (C=O) groups is 2. The van der Waals surface area contributed by atoms with Gasteiger partial charge in [0.2, 0.25) is 11.8 Å². The smallest absolute Gasteiger partial charge is 0.237 e. The minimum absolute atomic E-state index is 0.275. The molecule has 3 rings (SSSR count). The number of halogens is 2. The molecule has 0 spiro atoms. The van der Waals surface area contributed by atoms with E-state index in [1.165, 1.54) is 17.0 Å². The maximum absolute atomic E-state index is 13.7. The summed E-state index contributed by atoms with van der Waals surface area (Å²) in [7, 11) is 1.56. The van der Waals surface area contributed by atoms with E-state index in [0.717, 1.165) is 6.07 Å². The van der Waals surface area contributed by atoms with Crippen LogP contribution in [-0.2, 0) is 9.59 Å². The van der Waals surface area contributed by atoms with Gasteiger partial charge in [-0.3, -0.25) is 9.59 Å². The number of benzene rings is 1. The summed E-state index contributed by atoms with van der Waals surface area (Å²) in [6, 6.07) is 5.10. The first-order valence-electron chi connectivity index (χ1n) is 7.31. The van der Waals surface area contributed by atoms with Crippen molar-refractivity contribution in [2.45, 2.75) is 12.8 Å². The Morgan fingerprint density at radius 3 is 2.83 bits per heavy atom. The zero-order chi connectivity index (χ0) is 17.4. The number of nitrogens with one attached hydrogen (secondary N) is 1. The van der Waals surface area contributed by atoms with Crippen molar-refractivity contribution >= 4 is 17.5 Å². The second-order valence-electron chi connectivity index (χ2n) is 5.76. The molecule has 2 aromatic rings. The molecule has 24 heavy (non-hydrogen) atoms. The van der Waals surface area contributed by atoms with Crippen LogP contribution in [0.2, 0.25) is 0 Å². The van der Waals surface area contributed by atoms with E-state index in [9.17, 15) is 18.4 Å². The maximum Gasteiger partial charge on any atom is 0.237 e. The van der Waals surface area contributed by atoms with E-state index in [1.54, 1.807) is 20.0 Å². The Labute approximate surface area is 136 Å². The third-order valence-corrected chi connectivity index (χ3v) is 4.02. The molecule has 1 aromatic heterocycles. The predicted octanol–water partition coefficient (Wildman–Crippen LogP) is 2.07. The van der Waals surface area contributed by atoms with E-state index in [0.29, 0.717) is 11.5 Å². The molecule has 8 heteroatoms. The molecule has 0 saturated carbocycles. The van der Waals surface area contributed by atoms with E-state index in [1.807, 2.05) is 0 Å². The molecule has 0 unspecified atom stereocenters. The highest BCUT2D eigenvalue weighted by atomic mass is 19.2. The van der Waals surface area contributed by atoms with Crippen LogP contribution in [0.3, 0.4) is 0 Å². The zero-order valence-corrected chi connectivity index (χ0v) is 13.0. The van der Waals surface area contributed by atoms with Gasteiger partial charge in [-0.15, -0.1) is 0 Å². The van der Waals surface area contributed by atoms with E-state index in [2.05, 4.69) is 10.5 Å². The SMILES string of the molecule is Cc1cc([C@H]2CN(C)C(=O)[C@@H]2C(=O)Nc2cccc(F)c2F)on1. The molecule has 0 bridgehead atoms. The first-order valence-corrected chi connectivity index (χ1v) is 7.31. The molecule has 2 heterocycles. The second-order valence-corrected chi connectivity index (χ2v) is 5.76. The number of hydrogen-bond acceptors (Lipinski definition) is 4. The topological polar surface area (TPSA) is 75.4 Å². The van der Waals surface area contributed by atoms with E-state index < -0.39 is 35.3 Å². The van der Waals surface area contributed by atoms with Crippen LogP contribution in [0.4, 0.5) is 14.5 Å². The molecule has 1 aliphatic rings. The van der Waals surface area contributed by atoms with Crippen molar-refractivity contribution in [1.82, 2.24) is 10.1 Å². The van der Waals surface area contributed by atoms with Crippen molar-refractivity contribution in [1.29, 1.82) is 0 Å². The summed E-state index contributed by atoms with van der Waals surface area (Å²) < 4.78 is 32.2. The first kappa shape index (κ1) is 16.1. The Balaban J connectivity index is 1.88. The predicted molar refractivity (Wildman–Crippen MR) is 80.1 cm³/mol. The lowest BCUT2D eigenvalue weighted by molar-refractivity contribution is -0.135. The summed E-state index contributed by atoms with van der Waals surface area (Å²) in [5.41, 5.74) is 0.317. The third kappa shape index (κ3) is 2.75. The monoisotopic (exact) mass is 335 g/mol. The van der Waals surface area contributed by atoms with Crippen molar-refractivity contribution in [3.05, 3.63) is 47.4 Å². The van der Waals surface area contributed by atoms with Crippen molar-refractivity contribution in [3.8, 4) is 0 Å². The summed E-state index contributed by atoms with van der Waals surface area (Å²) in [5.74, 6) is -4.60. The maximum atomic E-state index is 13.7. The summed E-state index contributed by atoms with van der Waals surface area (Å²) in [6.07, 6.45) is 0. The van der Waals surface area contributed by atoms with Crippen LogP contribution in [0.25, 0.3) is 0 Å². The van der Waals surface area contributed by atoms with Gasteiger partial charge in [-0.1, -0.05) is 11.2 Å². The highest BCUT2D eigenvalue weighted by molar-refractivity contribution is 6.08. The van der Waals surface area contributed by atoms with E-state index in [4.69, 9.17) is 4.52 Å². The van der Waals surface area contributed by atoms with Gasteiger partial charge in [0.05, 0.1) is 17.3 Å². The number of anilines is 1. The molecule has 1 aromatic carbocycles. The Morgan fingerprint density at radius 1 is 1.42 bits per heavy atom. The number of hydrogen-bond donors (Lipinski definition) is 1. The molecule has 0 aliphatic carbocycles. The number of likely N-dealkylation sites (N-methyl/N-ethyl adjacent to an activating group) is 1. The Morgan fingerprint density at radius 2 is 2.17 bits per heavy atom. The lowest BCUT2D eigenvalue weighted by Crippen LogP contribution is -2.33. The number of rotatable bonds is 3. The van der Waals surface area contributed by atoms with Crippen LogP contribution in [-0.4, -0.2) is 35.5 Å². The highest BCUT2D eigenvalue weighted by Crippen LogP contribution is 2.34. The Hall–Kier alpha value is -2.77. The first-order chi connectivity index (χ1) is 11.4. The van der Waals surface area contributed by atoms with Gasteiger partial charge in [-0.25, -0.2) is 8.78 Å². The third-order valence-electron chi connectivity index (χ3n) is 4.02. The standard InChI is InChI=1S/C16H15F2N3O3/c1-8-6-12(24-20-8)9-7-21(2)16(23)13(9)15(22)19-11-5-3-4-10(17)14(11)18/h3-6,9,13H,7H2,1-2H3,(H,19,22)/t9-,13+/m1/s1. The zero-order valence-electron chi connectivity index (χ0n) is 13.0. The van der Waals surface area contributed by atoms with E-state index in [-0.39, 0.29) is 12.2 Å². The average molecular weight is 335 g/mol. The summed E-state index contributed by atoms with van der Waals surface area (Å²) in [6.45, 7) is 2.00. The molecule has 1 fully saturated rings. The van der Waals surface area contributed by atoms with Crippen LogP contribution in [0, 0.1) is 24.5 Å². The number of amides is 2. The van der Waals surface area contributed by atoms with Crippen LogP contribution < -0.4 is 5.32 Å². The van der Waals surface area contributed by atoms with Gasteiger partial charge in [0.1, 0.15) is 11.7 Å². The molecule has 0 radical (unpaired) electrons. The van der Waals surface area contributed by atoms with Crippen LogP contribution in [0.15, 0.2) is 28.8 Å². The van der Waals surface area contributed by atoms with Crippen LogP contribution >= 0.6 is 0 Å². The van der Waals surface area contributed by atoms with Gasteiger partial charge < -0.3 is 14.7 Å². The largest absolute Gasteiger partial charge is 0.361 e. The van der Waals surface area contributed by atoms with Gasteiger partial charge in [-0.05, 0) is 19.1 Å². The number of aromatic nitrogens is 1. The van der Waals surface area contributed by atoms with E-state index >= 15 is 0 Å². The van der Waals surface area contributed by atoms with Crippen molar-refractivity contribution in [2.24, 2.45) is 5.92 Å². The number of aryl methyl sites for hydroxylation is 1. The number of nitrogens with zero attached hydrogens (tertiary/aromatic N) is 2. The van der Waals surface area contributed by atoms with Crippen molar-refractivity contribution < 1.29 is 22.9 Å². The molecule has 1 aliphatic heterocycles. The normalized spacial score (nSPS) is 20.5. The molecule has 2 atom stereocenters. The minimum atomic E-state index is -1.17. The van der Waals surface area contributed by atoms with Crippen LogP contribution in [0.1, 0.15) is 17.4 Å². The van der Waals surface area contributed by atoms with Crippen molar-refractivity contribution in [2.75, 3.05) is 18.9 Å². The summed E-state index contributed by atoms with van der Waals surface area (Å²) in [4.78, 5) is 26.2. The number of carbonyl (C=O) groups excluding carboxylic acids is 2. The number of likely N-dealkylation sites (tertiary alicyclic amines) is 1. The highest BCUT2D eigenvalue weighted by Gasteiger charge is 2.46. The fourth-order valence-corrected chi connectivity index (χ4v) is 2.82. The molecular formula is C16H15F2N3O3.